The van der Waals surface area contributed by atoms with Crippen molar-refractivity contribution in [1.82, 2.24) is 0 Å². The molecular weight excluding hydrogens is 302 g/mol. The summed E-state index contributed by atoms with van der Waals surface area (Å²) in [7, 11) is 1.47. The molecule has 0 amide bonds. The molecule has 0 aliphatic carbocycles. The third kappa shape index (κ3) is 3.66. The number of halogens is 1. The number of rotatable bonds is 4. The van der Waals surface area contributed by atoms with Crippen molar-refractivity contribution in [3.05, 3.63) is 64.7 Å². The molecule has 110 valence electrons. The molecule has 0 aromatic heterocycles. The Hall–Kier alpha value is -2.77. The summed E-state index contributed by atoms with van der Waals surface area (Å²) in [6.45, 7) is 0. The molecule has 0 N–H and O–H groups in total. The molecule has 0 saturated heterocycles. The SMILES string of the molecule is COc1cc(/C=C\C#N)ccc1OC(=O)c1ccccc1Cl. The van der Waals surface area contributed by atoms with Crippen LogP contribution in [0.25, 0.3) is 6.08 Å². The van der Waals surface area contributed by atoms with Crippen LogP contribution in [0.3, 0.4) is 0 Å². The minimum atomic E-state index is -0.566. The van der Waals surface area contributed by atoms with Gasteiger partial charge in [0.2, 0.25) is 0 Å². The topological polar surface area (TPSA) is 59.3 Å². The van der Waals surface area contributed by atoms with Gasteiger partial charge in [0, 0.05) is 6.08 Å². The molecular formula is C17H12ClNO3. The van der Waals surface area contributed by atoms with E-state index in [0.29, 0.717) is 10.8 Å². The summed E-state index contributed by atoms with van der Waals surface area (Å²) in [4.78, 5) is 12.1. The summed E-state index contributed by atoms with van der Waals surface area (Å²) in [5.74, 6) is 0.103. The molecule has 0 saturated carbocycles. The Morgan fingerprint density at radius 3 is 2.68 bits per heavy atom. The normalized spacial score (nSPS) is 10.2. The van der Waals surface area contributed by atoms with Crippen LogP contribution >= 0.6 is 11.6 Å². The van der Waals surface area contributed by atoms with Crippen LogP contribution in [0.1, 0.15) is 15.9 Å². The number of hydrogen-bond acceptors (Lipinski definition) is 4. The fourth-order valence-corrected chi connectivity index (χ4v) is 2.00. The van der Waals surface area contributed by atoms with E-state index < -0.39 is 5.97 Å². The Morgan fingerprint density at radius 2 is 2.00 bits per heavy atom. The van der Waals surface area contributed by atoms with Gasteiger partial charge in [0.1, 0.15) is 0 Å². The monoisotopic (exact) mass is 313 g/mol. The van der Waals surface area contributed by atoms with E-state index >= 15 is 0 Å². The molecule has 0 aliphatic rings. The molecule has 5 heteroatoms. The van der Waals surface area contributed by atoms with Crippen LogP contribution in [0.15, 0.2) is 48.5 Å². The first kappa shape index (κ1) is 15.6. The van der Waals surface area contributed by atoms with Crippen molar-refractivity contribution in [2.24, 2.45) is 0 Å². The van der Waals surface area contributed by atoms with Crippen molar-refractivity contribution in [3.63, 3.8) is 0 Å². The molecule has 2 aromatic rings. The molecule has 22 heavy (non-hydrogen) atoms. The first-order valence-corrected chi connectivity index (χ1v) is 6.74. The van der Waals surface area contributed by atoms with E-state index in [9.17, 15) is 4.79 Å². The lowest BCUT2D eigenvalue weighted by Crippen LogP contribution is -2.09. The van der Waals surface area contributed by atoms with Crippen LogP contribution in [0.4, 0.5) is 0 Å². The Kier molecular flexibility index (Phi) is 5.18. The van der Waals surface area contributed by atoms with Crippen LogP contribution < -0.4 is 9.47 Å². The summed E-state index contributed by atoms with van der Waals surface area (Å²) in [5, 5.41) is 8.85. The van der Waals surface area contributed by atoms with Gasteiger partial charge < -0.3 is 9.47 Å². The predicted octanol–water partition coefficient (Wildman–Crippen LogP) is 4.10. The van der Waals surface area contributed by atoms with Crippen LogP contribution in [-0.4, -0.2) is 13.1 Å². The lowest BCUT2D eigenvalue weighted by atomic mass is 10.2. The number of benzene rings is 2. The number of nitriles is 1. The molecule has 2 aromatic carbocycles. The van der Waals surface area contributed by atoms with Gasteiger partial charge in [-0.15, -0.1) is 0 Å². The Balaban J connectivity index is 2.26. The number of allylic oxidation sites excluding steroid dienone is 1. The van der Waals surface area contributed by atoms with Gasteiger partial charge in [0.25, 0.3) is 0 Å². The van der Waals surface area contributed by atoms with Crippen LogP contribution in [0, 0.1) is 11.3 Å². The molecule has 0 aliphatic heterocycles. The molecule has 4 nitrogen and oxygen atoms in total. The quantitative estimate of drug-likeness (QED) is 0.484. The lowest BCUT2D eigenvalue weighted by molar-refractivity contribution is 0.0730. The highest BCUT2D eigenvalue weighted by atomic mass is 35.5. The van der Waals surface area contributed by atoms with Gasteiger partial charge in [-0.25, -0.2) is 4.79 Å². The minimum Gasteiger partial charge on any atom is -0.493 e. The number of carbonyl (C=O) groups is 1. The highest BCUT2D eigenvalue weighted by Gasteiger charge is 2.15. The van der Waals surface area contributed by atoms with E-state index in [-0.39, 0.29) is 11.3 Å². The van der Waals surface area contributed by atoms with Gasteiger partial charge >= 0.3 is 5.97 Å². The molecule has 0 radical (unpaired) electrons. The van der Waals surface area contributed by atoms with E-state index in [1.807, 2.05) is 6.07 Å². The average molecular weight is 314 g/mol. The molecule has 0 spiro atoms. The number of nitrogens with zero attached hydrogens (tertiary/aromatic N) is 1. The summed E-state index contributed by atoms with van der Waals surface area (Å²) < 4.78 is 10.5. The number of esters is 1. The van der Waals surface area contributed by atoms with Crippen LogP contribution in [0.2, 0.25) is 5.02 Å². The van der Waals surface area contributed by atoms with E-state index in [0.717, 1.165) is 5.56 Å². The number of carbonyl (C=O) groups excluding carboxylic acids is 1. The third-order valence-electron chi connectivity index (χ3n) is 2.83. The second kappa shape index (κ2) is 7.30. The maximum Gasteiger partial charge on any atom is 0.345 e. The van der Waals surface area contributed by atoms with Gasteiger partial charge in [0.15, 0.2) is 11.5 Å². The zero-order chi connectivity index (χ0) is 15.9. The summed E-state index contributed by atoms with van der Waals surface area (Å²) >= 11 is 5.97. The van der Waals surface area contributed by atoms with Crippen LogP contribution in [-0.2, 0) is 0 Å². The molecule has 0 fully saturated rings. The smallest absolute Gasteiger partial charge is 0.345 e. The number of hydrogen-bond donors (Lipinski definition) is 0. The summed E-state index contributed by atoms with van der Waals surface area (Å²) in [5.41, 5.74) is 1.04. The largest absolute Gasteiger partial charge is 0.493 e. The van der Waals surface area contributed by atoms with Gasteiger partial charge in [-0.05, 0) is 35.9 Å². The standard InChI is InChI=1S/C17H12ClNO3/c1-21-16-11-12(5-4-10-19)8-9-15(16)22-17(20)13-6-2-3-7-14(13)18/h2-9,11H,1H3/b5-4-. The van der Waals surface area contributed by atoms with E-state index in [4.69, 9.17) is 26.3 Å². The van der Waals surface area contributed by atoms with Crippen molar-refractivity contribution in [3.8, 4) is 17.6 Å². The first-order valence-electron chi connectivity index (χ1n) is 6.36. The van der Waals surface area contributed by atoms with Gasteiger partial charge in [0.05, 0.1) is 23.8 Å². The lowest BCUT2D eigenvalue weighted by Gasteiger charge is -2.10. The van der Waals surface area contributed by atoms with Crippen molar-refractivity contribution in [2.45, 2.75) is 0 Å². The number of methoxy groups -OCH3 is 1. The second-order valence-electron chi connectivity index (χ2n) is 4.24. The second-order valence-corrected chi connectivity index (χ2v) is 4.65. The maximum atomic E-state index is 12.1. The molecule has 0 bridgehead atoms. The van der Waals surface area contributed by atoms with Crippen molar-refractivity contribution in [1.29, 1.82) is 5.26 Å². The molecule has 0 heterocycles. The Labute approximate surface area is 133 Å². The average Bonchev–Trinajstić information content (AvgIpc) is 2.54. The van der Waals surface area contributed by atoms with Crippen molar-refractivity contribution >= 4 is 23.6 Å². The molecule has 0 unspecified atom stereocenters. The van der Waals surface area contributed by atoms with E-state index in [1.54, 1.807) is 48.5 Å². The highest BCUT2D eigenvalue weighted by molar-refractivity contribution is 6.33. The van der Waals surface area contributed by atoms with Gasteiger partial charge in [-0.1, -0.05) is 29.8 Å². The minimum absolute atomic E-state index is 0.277. The Bertz CT molecular complexity index is 763. The zero-order valence-electron chi connectivity index (χ0n) is 11.7. The van der Waals surface area contributed by atoms with Gasteiger partial charge in [-0.3, -0.25) is 0 Å². The number of ether oxygens (including phenoxy) is 2. The molecule has 0 atom stereocenters. The van der Waals surface area contributed by atoms with Crippen LogP contribution in [0.5, 0.6) is 11.5 Å². The van der Waals surface area contributed by atoms with Crippen molar-refractivity contribution in [2.75, 3.05) is 7.11 Å². The summed E-state index contributed by atoms with van der Waals surface area (Å²) in [6, 6.07) is 13.5. The Morgan fingerprint density at radius 1 is 1.23 bits per heavy atom. The van der Waals surface area contributed by atoms with Gasteiger partial charge in [-0.2, -0.15) is 5.26 Å². The van der Waals surface area contributed by atoms with Crippen molar-refractivity contribution < 1.29 is 14.3 Å². The molecule has 2 rings (SSSR count). The third-order valence-corrected chi connectivity index (χ3v) is 3.16. The highest BCUT2D eigenvalue weighted by Crippen LogP contribution is 2.30. The fraction of sp³-hybridized carbons (Fsp3) is 0.0588. The maximum absolute atomic E-state index is 12.1. The van der Waals surface area contributed by atoms with E-state index in [1.165, 1.54) is 13.2 Å². The zero-order valence-corrected chi connectivity index (χ0v) is 12.5. The summed E-state index contributed by atoms with van der Waals surface area (Å²) in [6.07, 6.45) is 2.98. The fourth-order valence-electron chi connectivity index (χ4n) is 1.79. The van der Waals surface area contributed by atoms with E-state index in [2.05, 4.69) is 0 Å². The first-order chi connectivity index (χ1) is 10.7. The predicted molar refractivity (Wildman–Crippen MR) is 84.1 cm³/mol.